The Labute approximate surface area is 160 Å². The molecule has 2 amide bonds. The lowest BCUT2D eigenvalue weighted by molar-refractivity contribution is -0.126. The molecule has 27 heavy (non-hydrogen) atoms. The van der Waals surface area contributed by atoms with Crippen molar-refractivity contribution >= 4 is 17.5 Å². The maximum Gasteiger partial charge on any atom is 0.227 e. The molecule has 0 radical (unpaired) electrons. The standard InChI is InChI=1S/C22H26N2O3/c1-15-8-9-19(12-16(15)2)24-14-18(13-21(24)26)22(27)23-11-10-20(25)17-6-4-3-5-7-17/h3-9,12,18,20,25H,10-11,13-14H2,1-2H3,(H,23,27)/t18-,20+/m1/s1. The number of hydrogen-bond acceptors (Lipinski definition) is 3. The van der Waals surface area contributed by atoms with Gasteiger partial charge < -0.3 is 15.3 Å². The van der Waals surface area contributed by atoms with E-state index in [4.69, 9.17) is 0 Å². The van der Waals surface area contributed by atoms with Crippen LogP contribution in [0.15, 0.2) is 48.5 Å². The second-order valence-corrected chi connectivity index (χ2v) is 7.18. The summed E-state index contributed by atoms with van der Waals surface area (Å²) in [6.07, 6.45) is 0.0563. The van der Waals surface area contributed by atoms with Gasteiger partial charge in [-0.3, -0.25) is 9.59 Å². The van der Waals surface area contributed by atoms with E-state index in [1.165, 1.54) is 5.56 Å². The first-order valence-corrected chi connectivity index (χ1v) is 9.34. The molecule has 0 unspecified atom stereocenters. The molecule has 3 rings (SSSR count). The summed E-state index contributed by atoms with van der Waals surface area (Å²) in [5.74, 6) is -0.509. The molecule has 1 saturated heterocycles. The predicted molar refractivity (Wildman–Crippen MR) is 105 cm³/mol. The number of hydrogen-bond donors (Lipinski definition) is 2. The van der Waals surface area contributed by atoms with Gasteiger partial charge in [0, 0.05) is 25.2 Å². The number of nitrogens with zero attached hydrogens (tertiary/aromatic N) is 1. The zero-order valence-corrected chi connectivity index (χ0v) is 15.8. The van der Waals surface area contributed by atoms with Gasteiger partial charge in [-0.15, -0.1) is 0 Å². The van der Waals surface area contributed by atoms with Crippen molar-refractivity contribution in [1.29, 1.82) is 0 Å². The molecule has 0 saturated carbocycles. The predicted octanol–water partition coefficient (Wildman–Crippen LogP) is 2.90. The Kier molecular flexibility index (Phi) is 5.91. The van der Waals surface area contributed by atoms with E-state index < -0.39 is 6.10 Å². The Bertz CT molecular complexity index is 820. The summed E-state index contributed by atoms with van der Waals surface area (Å²) in [5, 5.41) is 13.0. The van der Waals surface area contributed by atoms with Gasteiger partial charge in [0.1, 0.15) is 0 Å². The van der Waals surface area contributed by atoms with E-state index in [1.807, 2.05) is 62.4 Å². The highest BCUT2D eigenvalue weighted by atomic mass is 16.3. The molecule has 0 aromatic heterocycles. The molecule has 2 aromatic rings. The van der Waals surface area contributed by atoms with Crippen LogP contribution in [0.5, 0.6) is 0 Å². The van der Waals surface area contributed by atoms with E-state index in [2.05, 4.69) is 5.32 Å². The van der Waals surface area contributed by atoms with Crippen LogP contribution in [-0.4, -0.2) is 30.0 Å². The Hall–Kier alpha value is -2.66. The van der Waals surface area contributed by atoms with Gasteiger partial charge in [-0.2, -0.15) is 0 Å². The van der Waals surface area contributed by atoms with Crippen LogP contribution in [0.1, 0.15) is 35.6 Å². The number of aryl methyl sites for hydroxylation is 2. The fraction of sp³-hybridized carbons (Fsp3) is 0.364. The minimum Gasteiger partial charge on any atom is -0.388 e. The van der Waals surface area contributed by atoms with Crippen molar-refractivity contribution in [1.82, 2.24) is 5.32 Å². The second kappa shape index (κ2) is 8.35. The largest absolute Gasteiger partial charge is 0.388 e. The lowest BCUT2D eigenvalue weighted by atomic mass is 10.1. The van der Waals surface area contributed by atoms with Crippen LogP contribution in [0.3, 0.4) is 0 Å². The van der Waals surface area contributed by atoms with Crippen molar-refractivity contribution in [2.45, 2.75) is 32.8 Å². The van der Waals surface area contributed by atoms with E-state index in [-0.39, 0.29) is 24.2 Å². The van der Waals surface area contributed by atoms with E-state index in [0.29, 0.717) is 19.5 Å². The van der Waals surface area contributed by atoms with Gasteiger partial charge in [-0.25, -0.2) is 0 Å². The van der Waals surface area contributed by atoms with Crippen molar-refractivity contribution < 1.29 is 14.7 Å². The third-order valence-electron chi connectivity index (χ3n) is 5.20. The first-order valence-electron chi connectivity index (χ1n) is 9.34. The first-order chi connectivity index (χ1) is 13.0. The van der Waals surface area contributed by atoms with E-state index in [1.54, 1.807) is 4.90 Å². The summed E-state index contributed by atoms with van der Waals surface area (Å²) in [7, 11) is 0. The van der Waals surface area contributed by atoms with Gasteiger partial charge in [0.25, 0.3) is 0 Å². The van der Waals surface area contributed by atoms with Gasteiger partial charge in [-0.05, 0) is 49.1 Å². The number of benzene rings is 2. The molecule has 2 atom stereocenters. The number of nitrogens with one attached hydrogen (secondary N) is 1. The third kappa shape index (κ3) is 4.55. The highest BCUT2D eigenvalue weighted by Crippen LogP contribution is 2.27. The van der Waals surface area contributed by atoms with Crippen molar-refractivity contribution in [3.05, 3.63) is 65.2 Å². The van der Waals surface area contributed by atoms with Crippen LogP contribution in [0.2, 0.25) is 0 Å². The third-order valence-corrected chi connectivity index (χ3v) is 5.20. The second-order valence-electron chi connectivity index (χ2n) is 7.18. The van der Waals surface area contributed by atoms with Gasteiger partial charge in [0.15, 0.2) is 0 Å². The molecule has 5 nitrogen and oxygen atoms in total. The summed E-state index contributed by atoms with van der Waals surface area (Å²) in [6.45, 7) is 4.82. The molecule has 0 spiro atoms. The Balaban J connectivity index is 1.52. The summed E-state index contributed by atoms with van der Waals surface area (Å²) >= 11 is 0. The molecule has 1 aliphatic heterocycles. The topological polar surface area (TPSA) is 69.6 Å². The van der Waals surface area contributed by atoms with Gasteiger partial charge in [-0.1, -0.05) is 36.4 Å². The number of aliphatic hydroxyl groups excluding tert-OH is 1. The molecular formula is C22H26N2O3. The van der Waals surface area contributed by atoms with E-state index in [0.717, 1.165) is 16.8 Å². The zero-order chi connectivity index (χ0) is 19.4. The van der Waals surface area contributed by atoms with Gasteiger partial charge >= 0.3 is 0 Å². The summed E-state index contributed by atoms with van der Waals surface area (Å²) in [4.78, 5) is 26.5. The van der Waals surface area contributed by atoms with Gasteiger partial charge in [0.05, 0.1) is 12.0 Å². The summed E-state index contributed by atoms with van der Waals surface area (Å²) < 4.78 is 0. The monoisotopic (exact) mass is 366 g/mol. The molecule has 2 N–H and O–H groups in total. The molecule has 142 valence electrons. The van der Waals surface area contributed by atoms with Crippen LogP contribution in [0.25, 0.3) is 0 Å². The molecule has 5 heteroatoms. The Morgan fingerprint density at radius 2 is 1.93 bits per heavy atom. The normalized spacial score (nSPS) is 17.8. The minimum absolute atomic E-state index is 0.0253. The molecule has 1 fully saturated rings. The highest BCUT2D eigenvalue weighted by molar-refractivity contribution is 6.00. The first kappa shape index (κ1) is 19.1. The lowest BCUT2D eigenvalue weighted by Gasteiger charge is -2.18. The van der Waals surface area contributed by atoms with Crippen molar-refractivity contribution in [2.24, 2.45) is 5.92 Å². The average Bonchev–Trinajstić information content (AvgIpc) is 3.06. The maximum absolute atomic E-state index is 12.4. The van der Waals surface area contributed by atoms with Crippen molar-refractivity contribution in [3.63, 3.8) is 0 Å². The van der Waals surface area contributed by atoms with Crippen LogP contribution in [-0.2, 0) is 9.59 Å². The molecule has 1 heterocycles. The number of anilines is 1. The summed E-state index contributed by atoms with van der Waals surface area (Å²) in [6, 6.07) is 15.3. The maximum atomic E-state index is 12.4. The minimum atomic E-state index is -0.608. The lowest BCUT2D eigenvalue weighted by Crippen LogP contribution is -2.34. The molecular weight excluding hydrogens is 340 g/mol. The quantitative estimate of drug-likeness (QED) is 0.826. The van der Waals surface area contributed by atoms with Gasteiger partial charge in [0.2, 0.25) is 11.8 Å². The number of carbonyl (C=O) groups excluding carboxylic acids is 2. The number of rotatable bonds is 6. The fourth-order valence-corrected chi connectivity index (χ4v) is 3.34. The van der Waals surface area contributed by atoms with Crippen LogP contribution >= 0.6 is 0 Å². The summed E-state index contributed by atoms with van der Waals surface area (Å²) in [5.41, 5.74) is 3.99. The van der Waals surface area contributed by atoms with Crippen LogP contribution < -0.4 is 10.2 Å². The van der Waals surface area contributed by atoms with Crippen LogP contribution in [0, 0.1) is 19.8 Å². The highest BCUT2D eigenvalue weighted by Gasteiger charge is 2.35. The van der Waals surface area contributed by atoms with E-state index in [9.17, 15) is 14.7 Å². The zero-order valence-electron chi connectivity index (χ0n) is 15.8. The van der Waals surface area contributed by atoms with Crippen molar-refractivity contribution in [2.75, 3.05) is 18.0 Å². The molecule has 0 bridgehead atoms. The smallest absolute Gasteiger partial charge is 0.227 e. The SMILES string of the molecule is Cc1ccc(N2C[C@H](C(=O)NCC[C@H](O)c3ccccc3)CC2=O)cc1C. The Morgan fingerprint density at radius 3 is 2.63 bits per heavy atom. The number of aliphatic hydroxyl groups is 1. The molecule has 0 aliphatic carbocycles. The van der Waals surface area contributed by atoms with E-state index >= 15 is 0 Å². The van der Waals surface area contributed by atoms with Crippen LogP contribution in [0.4, 0.5) is 5.69 Å². The molecule has 1 aliphatic rings. The number of carbonyl (C=O) groups is 2. The fourth-order valence-electron chi connectivity index (χ4n) is 3.34. The molecule has 2 aromatic carbocycles. The Morgan fingerprint density at radius 1 is 1.19 bits per heavy atom. The average molecular weight is 366 g/mol. The number of amides is 2. The van der Waals surface area contributed by atoms with Crippen molar-refractivity contribution in [3.8, 4) is 0 Å².